The molecule has 0 aliphatic rings. The van der Waals surface area contributed by atoms with Gasteiger partial charge in [-0.1, -0.05) is 23.7 Å². The highest BCUT2D eigenvalue weighted by molar-refractivity contribution is 6.30. The van der Waals surface area contributed by atoms with Gasteiger partial charge in [0, 0.05) is 17.3 Å². The number of rotatable bonds is 5. The van der Waals surface area contributed by atoms with E-state index in [0.717, 1.165) is 5.56 Å². The van der Waals surface area contributed by atoms with Gasteiger partial charge in [-0.3, -0.25) is 4.68 Å². The number of hydrogen-bond donors (Lipinski definition) is 3. The van der Waals surface area contributed by atoms with E-state index in [2.05, 4.69) is 15.7 Å². The van der Waals surface area contributed by atoms with Crippen molar-refractivity contribution < 1.29 is 9.90 Å². The Labute approximate surface area is 134 Å². The maximum absolute atomic E-state index is 12.0. The minimum atomic E-state index is -0.502. The number of nitrogens with zero attached hydrogens (tertiary/aromatic N) is 2. The number of amides is 2. The van der Waals surface area contributed by atoms with Crippen molar-refractivity contribution in [1.29, 1.82) is 0 Å². The van der Waals surface area contributed by atoms with Crippen LogP contribution in [-0.4, -0.2) is 27.5 Å². The lowest BCUT2D eigenvalue weighted by atomic mass is 10.1. The Balaban J connectivity index is 1.98. The highest BCUT2D eigenvalue weighted by Gasteiger charge is 2.14. The number of carbonyl (C=O) groups excluding carboxylic acids is 1. The Bertz CT molecular complexity index is 625. The summed E-state index contributed by atoms with van der Waals surface area (Å²) in [5.41, 5.74) is 1.37. The second-order valence-electron chi connectivity index (χ2n) is 5.19. The molecule has 3 N–H and O–H groups in total. The molecule has 0 aliphatic carbocycles. The Morgan fingerprint density at radius 3 is 2.59 bits per heavy atom. The molecule has 0 saturated carbocycles. The minimum absolute atomic E-state index is 0.208. The maximum atomic E-state index is 12.0. The van der Waals surface area contributed by atoms with E-state index in [1.54, 1.807) is 41.3 Å². The minimum Gasteiger partial charge on any atom is -0.394 e. The molecule has 1 heterocycles. The molecule has 0 spiro atoms. The van der Waals surface area contributed by atoms with Gasteiger partial charge in [0.1, 0.15) is 0 Å². The van der Waals surface area contributed by atoms with E-state index in [0.29, 0.717) is 10.7 Å². The highest BCUT2D eigenvalue weighted by atomic mass is 35.5. The van der Waals surface area contributed by atoms with Gasteiger partial charge in [-0.05, 0) is 31.5 Å². The monoisotopic (exact) mass is 322 g/mol. The number of urea groups is 1. The number of aliphatic hydroxyl groups is 1. The number of halogens is 1. The summed E-state index contributed by atoms with van der Waals surface area (Å²) >= 11 is 5.83. The predicted octanol–water partition coefficient (Wildman–Crippen LogP) is 2.97. The second-order valence-corrected chi connectivity index (χ2v) is 5.62. The van der Waals surface area contributed by atoms with E-state index in [-0.39, 0.29) is 12.6 Å². The van der Waals surface area contributed by atoms with Gasteiger partial charge in [-0.25, -0.2) is 4.79 Å². The highest BCUT2D eigenvalue weighted by Crippen LogP contribution is 2.16. The largest absolute Gasteiger partial charge is 0.394 e. The van der Waals surface area contributed by atoms with E-state index in [9.17, 15) is 9.90 Å². The van der Waals surface area contributed by atoms with E-state index < -0.39 is 12.1 Å². The molecule has 118 valence electrons. The summed E-state index contributed by atoms with van der Waals surface area (Å²) < 4.78 is 1.75. The Morgan fingerprint density at radius 2 is 2.05 bits per heavy atom. The molecule has 1 atom stereocenters. The molecular weight excluding hydrogens is 304 g/mol. The Morgan fingerprint density at radius 1 is 1.36 bits per heavy atom. The van der Waals surface area contributed by atoms with Crippen molar-refractivity contribution >= 4 is 23.3 Å². The van der Waals surface area contributed by atoms with Gasteiger partial charge in [0.25, 0.3) is 0 Å². The molecule has 6 nitrogen and oxygen atoms in total. The smallest absolute Gasteiger partial charge is 0.319 e. The average Bonchev–Trinajstić information content (AvgIpc) is 2.94. The van der Waals surface area contributed by atoms with Gasteiger partial charge in [-0.2, -0.15) is 5.10 Å². The van der Waals surface area contributed by atoms with Gasteiger partial charge in [0.2, 0.25) is 0 Å². The molecule has 0 radical (unpaired) electrons. The van der Waals surface area contributed by atoms with Crippen LogP contribution in [0.3, 0.4) is 0 Å². The molecule has 7 heteroatoms. The summed E-state index contributed by atoms with van der Waals surface area (Å²) in [6, 6.07) is 6.27. The van der Waals surface area contributed by atoms with Crippen LogP contribution in [0.4, 0.5) is 10.5 Å². The maximum Gasteiger partial charge on any atom is 0.319 e. The summed E-state index contributed by atoms with van der Waals surface area (Å²) in [6.07, 6.45) is 3.33. The lowest BCUT2D eigenvalue weighted by Crippen LogP contribution is -2.34. The lowest BCUT2D eigenvalue weighted by molar-refractivity contribution is 0.225. The van der Waals surface area contributed by atoms with Crippen LogP contribution in [0.1, 0.15) is 31.5 Å². The van der Waals surface area contributed by atoms with Crippen molar-refractivity contribution in [3.8, 4) is 0 Å². The number of aromatic nitrogens is 2. The summed E-state index contributed by atoms with van der Waals surface area (Å²) in [5.74, 6) is 0. The number of carbonyl (C=O) groups is 1. The predicted molar refractivity (Wildman–Crippen MR) is 86.0 cm³/mol. The molecule has 1 aromatic carbocycles. The van der Waals surface area contributed by atoms with Crippen LogP contribution >= 0.6 is 11.6 Å². The van der Waals surface area contributed by atoms with Crippen LogP contribution < -0.4 is 10.6 Å². The first-order valence-electron chi connectivity index (χ1n) is 6.97. The van der Waals surface area contributed by atoms with E-state index in [1.165, 1.54) is 0 Å². The number of benzene rings is 1. The van der Waals surface area contributed by atoms with Crippen LogP contribution in [-0.2, 0) is 0 Å². The SMILES string of the molecule is CC(C)n1cc(NC(=O)NC(CO)c2ccc(Cl)cc2)cn1. The fourth-order valence-electron chi connectivity index (χ4n) is 1.94. The Kier molecular flexibility index (Phi) is 5.41. The second kappa shape index (κ2) is 7.29. The third-order valence-corrected chi connectivity index (χ3v) is 3.40. The number of nitrogens with one attached hydrogen (secondary N) is 2. The number of hydrogen-bond acceptors (Lipinski definition) is 3. The molecule has 22 heavy (non-hydrogen) atoms. The molecule has 0 bridgehead atoms. The number of anilines is 1. The van der Waals surface area contributed by atoms with Crippen LogP contribution in [0, 0.1) is 0 Å². The quantitative estimate of drug-likeness (QED) is 0.791. The normalized spacial score (nSPS) is 12.2. The first kappa shape index (κ1) is 16.3. The first-order chi connectivity index (χ1) is 10.5. The molecule has 2 aromatic rings. The van der Waals surface area contributed by atoms with Crippen molar-refractivity contribution in [3.05, 3.63) is 47.2 Å². The topological polar surface area (TPSA) is 79.2 Å². The molecule has 0 aliphatic heterocycles. The van der Waals surface area contributed by atoms with Gasteiger partial charge in [0.05, 0.1) is 24.5 Å². The lowest BCUT2D eigenvalue weighted by Gasteiger charge is -2.17. The van der Waals surface area contributed by atoms with E-state index in [4.69, 9.17) is 11.6 Å². The summed E-state index contributed by atoms with van der Waals surface area (Å²) in [5, 5.41) is 19.6. The third-order valence-electron chi connectivity index (χ3n) is 3.15. The molecule has 2 amide bonds. The van der Waals surface area contributed by atoms with E-state index >= 15 is 0 Å². The van der Waals surface area contributed by atoms with Crippen LogP contribution in [0.15, 0.2) is 36.7 Å². The van der Waals surface area contributed by atoms with Crippen LogP contribution in [0.25, 0.3) is 0 Å². The summed E-state index contributed by atoms with van der Waals surface area (Å²) in [6.45, 7) is 3.79. The third kappa shape index (κ3) is 4.22. The van der Waals surface area contributed by atoms with Crippen molar-refractivity contribution in [3.63, 3.8) is 0 Å². The average molecular weight is 323 g/mol. The van der Waals surface area contributed by atoms with Gasteiger partial charge < -0.3 is 15.7 Å². The zero-order valence-electron chi connectivity index (χ0n) is 12.5. The molecule has 0 saturated heterocycles. The standard InChI is InChI=1S/C15H19ClN4O2/c1-10(2)20-8-13(7-17-20)18-15(22)19-14(9-21)11-3-5-12(16)6-4-11/h3-8,10,14,21H,9H2,1-2H3,(H2,18,19,22). The van der Waals surface area contributed by atoms with Crippen LogP contribution in [0.5, 0.6) is 0 Å². The molecule has 1 unspecified atom stereocenters. The summed E-state index contributed by atoms with van der Waals surface area (Å²) in [7, 11) is 0. The molecule has 2 rings (SSSR count). The summed E-state index contributed by atoms with van der Waals surface area (Å²) in [4.78, 5) is 12.0. The Hall–Kier alpha value is -2.05. The zero-order valence-corrected chi connectivity index (χ0v) is 13.2. The number of aliphatic hydroxyl groups excluding tert-OH is 1. The fourth-order valence-corrected chi connectivity index (χ4v) is 2.07. The van der Waals surface area contributed by atoms with Crippen molar-refractivity contribution in [2.24, 2.45) is 0 Å². The van der Waals surface area contributed by atoms with Gasteiger partial charge >= 0.3 is 6.03 Å². The van der Waals surface area contributed by atoms with Gasteiger partial charge in [-0.15, -0.1) is 0 Å². The van der Waals surface area contributed by atoms with Crippen molar-refractivity contribution in [2.75, 3.05) is 11.9 Å². The first-order valence-corrected chi connectivity index (χ1v) is 7.35. The van der Waals surface area contributed by atoms with Crippen LogP contribution in [0.2, 0.25) is 5.02 Å². The van der Waals surface area contributed by atoms with E-state index in [1.807, 2.05) is 13.8 Å². The molecule has 0 fully saturated rings. The molecule has 1 aromatic heterocycles. The van der Waals surface area contributed by atoms with Crippen molar-refractivity contribution in [1.82, 2.24) is 15.1 Å². The molecular formula is C15H19ClN4O2. The van der Waals surface area contributed by atoms with Crippen molar-refractivity contribution in [2.45, 2.75) is 25.9 Å². The zero-order chi connectivity index (χ0) is 16.1. The van der Waals surface area contributed by atoms with Gasteiger partial charge in [0.15, 0.2) is 0 Å². The fraction of sp³-hybridized carbons (Fsp3) is 0.333.